The fraction of sp³-hybridized carbons (Fsp3) is 1.00. The molecule has 1 unspecified atom stereocenters. The van der Waals surface area contributed by atoms with E-state index in [1.807, 2.05) is 0 Å². The number of hydrogen-bond acceptors (Lipinski definition) is 4. The highest BCUT2D eigenvalue weighted by Crippen LogP contribution is 2.30. The van der Waals surface area contributed by atoms with Gasteiger partial charge in [-0.3, -0.25) is 0 Å². The number of rotatable bonds is 7. The molecule has 0 rings (SSSR count). The van der Waals surface area contributed by atoms with Gasteiger partial charge < -0.3 is 19.7 Å². The molecule has 5 heteroatoms. The Morgan fingerprint density at radius 1 is 1.33 bits per heavy atom. The molecule has 0 aromatic rings. The second-order valence-corrected chi connectivity index (χ2v) is 4.61. The van der Waals surface area contributed by atoms with Gasteiger partial charge in [0.2, 0.25) is 0 Å². The standard InChI is InChI=1S/C7H18NO3P/c1-12(9,10)11-7-5-3-2-4-6-8/h2-8H2,1H3,(H,9,10)/p-1. The summed E-state index contributed by atoms with van der Waals surface area (Å²) in [5, 5.41) is 0. The lowest BCUT2D eigenvalue weighted by Crippen LogP contribution is -2.04. The predicted octanol–water partition coefficient (Wildman–Crippen LogP) is 0.705. The summed E-state index contributed by atoms with van der Waals surface area (Å²) in [6, 6.07) is 0. The van der Waals surface area contributed by atoms with Crippen molar-refractivity contribution in [2.75, 3.05) is 19.8 Å². The van der Waals surface area contributed by atoms with Gasteiger partial charge in [0, 0.05) is 6.66 Å². The molecule has 0 radical (unpaired) electrons. The summed E-state index contributed by atoms with van der Waals surface area (Å²) < 4.78 is 15.1. The highest BCUT2D eigenvalue weighted by Gasteiger charge is 1.97. The minimum Gasteiger partial charge on any atom is -0.779 e. The first kappa shape index (κ1) is 12.1. The summed E-state index contributed by atoms with van der Waals surface area (Å²) in [6.45, 7) is 2.10. The Kier molecular flexibility index (Phi) is 6.67. The molecule has 12 heavy (non-hydrogen) atoms. The van der Waals surface area contributed by atoms with Crippen LogP contribution < -0.4 is 10.6 Å². The molecular weight excluding hydrogens is 177 g/mol. The van der Waals surface area contributed by atoms with E-state index in [1.165, 1.54) is 0 Å². The lowest BCUT2D eigenvalue weighted by molar-refractivity contribution is -0.196. The van der Waals surface area contributed by atoms with E-state index in [0.717, 1.165) is 32.3 Å². The molecule has 0 aromatic heterocycles. The third-order valence-electron chi connectivity index (χ3n) is 1.42. The minimum atomic E-state index is -3.50. The summed E-state index contributed by atoms with van der Waals surface area (Å²) in [5.41, 5.74) is 5.29. The van der Waals surface area contributed by atoms with Crippen LogP contribution in [-0.4, -0.2) is 19.8 Å². The van der Waals surface area contributed by atoms with Crippen LogP contribution in [0.4, 0.5) is 0 Å². The van der Waals surface area contributed by atoms with Crippen LogP contribution in [0.5, 0.6) is 0 Å². The van der Waals surface area contributed by atoms with Crippen molar-refractivity contribution in [3.05, 3.63) is 0 Å². The first-order valence-electron chi connectivity index (χ1n) is 4.19. The van der Waals surface area contributed by atoms with Crippen LogP contribution >= 0.6 is 7.60 Å². The quantitative estimate of drug-likeness (QED) is 0.478. The molecule has 0 heterocycles. The second-order valence-electron chi connectivity index (χ2n) is 2.81. The molecule has 4 nitrogen and oxygen atoms in total. The summed E-state index contributed by atoms with van der Waals surface area (Å²) in [4.78, 5) is 10.5. The van der Waals surface area contributed by atoms with Gasteiger partial charge in [0.25, 0.3) is 0 Å². The van der Waals surface area contributed by atoms with Crippen LogP contribution in [0.1, 0.15) is 25.7 Å². The molecule has 0 fully saturated rings. The normalized spacial score (nSPS) is 15.9. The van der Waals surface area contributed by atoms with E-state index >= 15 is 0 Å². The third kappa shape index (κ3) is 10.1. The second kappa shape index (κ2) is 6.61. The van der Waals surface area contributed by atoms with Crippen molar-refractivity contribution in [1.82, 2.24) is 0 Å². The van der Waals surface area contributed by atoms with Gasteiger partial charge in [0.05, 0.1) is 6.61 Å². The lowest BCUT2D eigenvalue weighted by atomic mass is 10.2. The molecule has 0 aliphatic carbocycles. The fourth-order valence-electron chi connectivity index (χ4n) is 0.830. The molecule has 74 valence electrons. The van der Waals surface area contributed by atoms with E-state index in [2.05, 4.69) is 4.52 Å². The summed E-state index contributed by atoms with van der Waals surface area (Å²) >= 11 is 0. The van der Waals surface area contributed by atoms with Crippen molar-refractivity contribution >= 4 is 7.60 Å². The van der Waals surface area contributed by atoms with Crippen molar-refractivity contribution in [3.63, 3.8) is 0 Å². The molecule has 0 aliphatic heterocycles. The smallest absolute Gasteiger partial charge is 0.131 e. The Balaban J connectivity index is 3.06. The number of hydrogen-bond donors (Lipinski definition) is 1. The molecule has 0 amide bonds. The van der Waals surface area contributed by atoms with E-state index in [4.69, 9.17) is 5.73 Å². The maximum absolute atomic E-state index is 10.5. The largest absolute Gasteiger partial charge is 0.779 e. The van der Waals surface area contributed by atoms with Crippen molar-refractivity contribution < 1.29 is 14.0 Å². The van der Waals surface area contributed by atoms with E-state index in [9.17, 15) is 9.46 Å². The van der Waals surface area contributed by atoms with Crippen LogP contribution in [0.15, 0.2) is 0 Å². The van der Waals surface area contributed by atoms with Gasteiger partial charge in [-0.25, -0.2) is 0 Å². The van der Waals surface area contributed by atoms with Gasteiger partial charge in [0.15, 0.2) is 0 Å². The first-order valence-corrected chi connectivity index (χ1v) is 6.18. The lowest BCUT2D eigenvalue weighted by Gasteiger charge is -2.17. The van der Waals surface area contributed by atoms with Gasteiger partial charge in [-0.05, 0) is 19.4 Å². The van der Waals surface area contributed by atoms with Crippen LogP contribution in [-0.2, 0) is 9.09 Å². The van der Waals surface area contributed by atoms with E-state index in [1.54, 1.807) is 0 Å². The molecule has 1 atom stereocenters. The average molecular weight is 194 g/mol. The Morgan fingerprint density at radius 3 is 2.42 bits per heavy atom. The van der Waals surface area contributed by atoms with Gasteiger partial charge in [-0.2, -0.15) is 0 Å². The zero-order valence-corrected chi connectivity index (χ0v) is 8.39. The predicted molar refractivity (Wildman–Crippen MR) is 47.0 cm³/mol. The maximum atomic E-state index is 10.5. The van der Waals surface area contributed by atoms with Crippen molar-refractivity contribution in [2.24, 2.45) is 5.73 Å². The van der Waals surface area contributed by atoms with E-state index < -0.39 is 7.60 Å². The summed E-state index contributed by atoms with van der Waals surface area (Å²) in [5.74, 6) is 0. The highest BCUT2D eigenvalue weighted by atomic mass is 31.2. The molecule has 0 bridgehead atoms. The Bertz CT molecular complexity index is 146. The maximum Gasteiger partial charge on any atom is 0.131 e. The topological polar surface area (TPSA) is 75.4 Å². The van der Waals surface area contributed by atoms with Gasteiger partial charge in [-0.15, -0.1) is 0 Å². The van der Waals surface area contributed by atoms with Crippen molar-refractivity contribution in [2.45, 2.75) is 25.7 Å². The van der Waals surface area contributed by atoms with E-state index in [0.29, 0.717) is 13.2 Å². The summed E-state index contributed by atoms with van der Waals surface area (Å²) in [6.07, 6.45) is 3.82. The molecule has 0 saturated carbocycles. The molecular formula is C7H17NO3P-. The Hall–Kier alpha value is 0.110. The average Bonchev–Trinajstić information content (AvgIpc) is 1.94. The van der Waals surface area contributed by atoms with Gasteiger partial charge >= 0.3 is 0 Å². The SMILES string of the molecule is CP(=O)([O-])OCCCCCCN. The Labute approximate surface area is 73.6 Å². The van der Waals surface area contributed by atoms with Crippen molar-refractivity contribution in [3.8, 4) is 0 Å². The monoisotopic (exact) mass is 194 g/mol. The zero-order chi connectivity index (χ0) is 9.45. The Morgan fingerprint density at radius 2 is 1.92 bits per heavy atom. The molecule has 0 saturated heterocycles. The van der Waals surface area contributed by atoms with Gasteiger partial charge in [0.1, 0.15) is 7.60 Å². The minimum absolute atomic E-state index is 0.307. The number of unbranched alkanes of at least 4 members (excludes halogenated alkanes) is 3. The van der Waals surface area contributed by atoms with Crippen LogP contribution in [0, 0.1) is 0 Å². The summed E-state index contributed by atoms with van der Waals surface area (Å²) in [7, 11) is -3.50. The van der Waals surface area contributed by atoms with Crippen LogP contribution in [0.2, 0.25) is 0 Å². The molecule has 0 aromatic carbocycles. The molecule has 2 N–H and O–H groups in total. The molecule has 0 aliphatic rings. The van der Waals surface area contributed by atoms with E-state index in [-0.39, 0.29) is 0 Å². The van der Waals surface area contributed by atoms with Crippen LogP contribution in [0.3, 0.4) is 0 Å². The fourth-order valence-corrected chi connectivity index (χ4v) is 1.29. The number of nitrogens with two attached hydrogens (primary N) is 1. The first-order chi connectivity index (χ1) is 5.56. The molecule has 0 spiro atoms. The van der Waals surface area contributed by atoms with Gasteiger partial charge in [-0.1, -0.05) is 12.8 Å². The highest BCUT2D eigenvalue weighted by molar-refractivity contribution is 7.50. The zero-order valence-electron chi connectivity index (χ0n) is 7.49. The van der Waals surface area contributed by atoms with Crippen molar-refractivity contribution in [1.29, 1.82) is 0 Å². The third-order valence-corrected chi connectivity index (χ3v) is 2.08. The van der Waals surface area contributed by atoms with Crippen LogP contribution in [0.25, 0.3) is 0 Å².